The van der Waals surface area contributed by atoms with Gasteiger partial charge in [0.25, 0.3) is 0 Å². The van der Waals surface area contributed by atoms with Gasteiger partial charge in [-0.15, -0.1) is 0 Å². The molecule has 1 saturated carbocycles. The van der Waals surface area contributed by atoms with Crippen molar-refractivity contribution in [3.05, 3.63) is 24.7 Å². The minimum Gasteiger partial charge on any atom is -0.516 e. The van der Waals surface area contributed by atoms with E-state index < -0.39 is 0 Å². The number of aliphatic hydroxyl groups is 2. The Balaban J connectivity index is 2.52. The van der Waals surface area contributed by atoms with Crippen LogP contribution in [0.4, 0.5) is 0 Å². The Hall–Kier alpha value is -0.920. The highest BCUT2D eigenvalue weighted by Gasteiger charge is 2.31. The van der Waals surface area contributed by atoms with Crippen LogP contribution >= 0.6 is 0 Å². The average molecular weight is 182 g/mol. The standard InChI is InChI=1S/C11H18O2/c12-9-3-7-11(8-4-10-13)5-1-2-6-11/h3-4,9-10,12-13H,1-2,5-8H2. The van der Waals surface area contributed by atoms with Crippen molar-refractivity contribution >= 4 is 0 Å². The number of aliphatic hydroxyl groups excluding tert-OH is 2. The molecule has 0 radical (unpaired) electrons. The Morgan fingerprint density at radius 3 is 1.77 bits per heavy atom. The molecule has 13 heavy (non-hydrogen) atoms. The van der Waals surface area contributed by atoms with Crippen molar-refractivity contribution in [2.45, 2.75) is 38.5 Å². The second kappa shape index (κ2) is 4.95. The van der Waals surface area contributed by atoms with Crippen LogP contribution < -0.4 is 0 Å². The van der Waals surface area contributed by atoms with Crippen LogP contribution in [0.25, 0.3) is 0 Å². The Morgan fingerprint density at radius 1 is 0.923 bits per heavy atom. The molecule has 1 aliphatic carbocycles. The monoisotopic (exact) mass is 182 g/mol. The van der Waals surface area contributed by atoms with Gasteiger partial charge in [-0.25, -0.2) is 0 Å². The lowest BCUT2D eigenvalue weighted by atomic mass is 9.79. The molecule has 1 fully saturated rings. The number of hydrogen-bond donors (Lipinski definition) is 2. The fourth-order valence-electron chi connectivity index (χ4n) is 2.22. The van der Waals surface area contributed by atoms with Gasteiger partial charge >= 0.3 is 0 Å². The van der Waals surface area contributed by atoms with Crippen LogP contribution in [-0.2, 0) is 0 Å². The van der Waals surface area contributed by atoms with E-state index in [1.165, 1.54) is 25.7 Å². The lowest BCUT2D eigenvalue weighted by molar-refractivity contribution is 0.299. The lowest BCUT2D eigenvalue weighted by Crippen LogP contribution is -2.13. The minimum absolute atomic E-state index is 0.304. The Bertz CT molecular complexity index is 172. The van der Waals surface area contributed by atoms with Crippen LogP contribution in [0.15, 0.2) is 24.7 Å². The SMILES string of the molecule is OC=CCC1(CC=CO)CCCC1. The molecule has 0 amide bonds. The average Bonchev–Trinajstić information content (AvgIpc) is 2.61. The first-order valence-corrected chi connectivity index (χ1v) is 4.91. The van der Waals surface area contributed by atoms with Crippen molar-refractivity contribution in [1.82, 2.24) is 0 Å². The summed E-state index contributed by atoms with van der Waals surface area (Å²) < 4.78 is 0. The maximum atomic E-state index is 8.62. The zero-order valence-corrected chi connectivity index (χ0v) is 7.95. The second-order valence-electron chi connectivity index (χ2n) is 3.88. The summed E-state index contributed by atoms with van der Waals surface area (Å²) in [6, 6.07) is 0. The molecule has 2 N–H and O–H groups in total. The highest BCUT2D eigenvalue weighted by atomic mass is 16.2. The van der Waals surface area contributed by atoms with Crippen LogP contribution in [0.2, 0.25) is 0 Å². The third-order valence-electron chi connectivity index (χ3n) is 2.98. The molecule has 2 nitrogen and oxygen atoms in total. The van der Waals surface area contributed by atoms with E-state index in [0.29, 0.717) is 5.41 Å². The Labute approximate surface area is 79.6 Å². The van der Waals surface area contributed by atoms with Gasteiger partial charge in [-0.1, -0.05) is 12.8 Å². The van der Waals surface area contributed by atoms with Crippen LogP contribution in [0.1, 0.15) is 38.5 Å². The van der Waals surface area contributed by atoms with Crippen molar-refractivity contribution in [2.24, 2.45) is 5.41 Å². The number of rotatable bonds is 4. The molecule has 0 aliphatic heterocycles. The Kier molecular flexibility index (Phi) is 3.87. The predicted octanol–water partition coefficient (Wildman–Crippen LogP) is 3.47. The van der Waals surface area contributed by atoms with Crippen molar-refractivity contribution in [1.29, 1.82) is 0 Å². The summed E-state index contributed by atoms with van der Waals surface area (Å²) in [4.78, 5) is 0. The highest BCUT2D eigenvalue weighted by Crippen LogP contribution is 2.44. The molecule has 0 aromatic carbocycles. The number of hydrogen-bond acceptors (Lipinski definition) is 2. The van der Waals surface area contributed by atoms with Gasteiger partial charge < -0.3 is 10.2 Å². The topological polar surface area (TPSA) is 40.5 Å². The molecule has 0 aromatic rings. The maximum absolute atomic E-state index is 8.62. The van der Waals surface area contributed by atoms with Gasteiger partial charge in [-0.3, -0.25) is 0 Å². The zero-order chi connectivity index (χ0) is 9.57. The molecule has 0 unspecified atom stereocenters. The van der Waals surface area contributed by atoms with Gasteiger partial charge in [-0.2, -0.15) is 0 Å². The van der Waals surface area contributed by atoms with E-state index in [0.717, 1.165) is 25.4 Å². The van der Waals surface area contributed by atoms with Crippen molar-refractivity contribution in [3.8, 4) is 0 Å². The smallest absolute Gasteiger partial charge is 0.0751 e. The second-order valence-corrected chi connectivity index (χ2v) is 3.88. The summed E-state index contributed by atoms with van der Waals surface area (Å²) in [7, 11) is 0. The molecule has 0 heterocycles. The van der Waals surface area contributed by atoms with Crippen LogP contribution in [0, 0.1) is 5.41 Å². The molecule has 2 heteroatoms. The molecule has 1 rings (SSSR count). The van der Waals surface area contributed by atoms with E-state index in [9.17, 15) is 0 Å². The third-order valence-corrected chi connectivity index (χ3v) is 2.98. The molecular formula is C11H18O2. The van der Waals surface area contributed by atoms with Gasteiger partial charge in [-0.05, 0) is 43.3 Å². The normalized spacial score (nSPS) is 21.8. The van der Waals surface area contributed by atoms with E-state index >= 15 is 0 Å². The van der Waals surface area contributed by atoms with Gasteiger partial charge in [0.05, 0.1) is 12.5 Å². The van der Waals surface area contributed by atoms with E-state index in [4.69, 9.17) is 10.2 Å². The van der Waals surface area contributed by atoms with E-state index in [1.807, 2.05) is 12.2 Å². The summed E-state index contributed by atoms with van der Waals surface area (Å²) in [5.74, 6) is 0. The predicted molar refractivity (Wildman–Crippen MR) is 53.7 cm³/mol. The first-order chi connectivity index (χ1) is 6.33. The Morgan fingerprint density at radius 2 is 1.38 bits per heavy atom. The minimum atomic E-state index is 0.304. The first kappa shape index (κ1) is 10.2. The van der Waals surface area contributed by atoms with Gasteiger partial charge in [0.2, 0.25) is 0 Å². The molecule has 74 valence electrons. The summed E-state index contributed by atoms with van der Waals surface area (Å²) in [6.45, 7) is 0. The summed E-state index contributed by atoms with van der Waals surface area (Å²) >= 11 is 0. The molecule has 0 saturated heterocycles. The number of allylic oxidation sites excluding steroid dienone is 2. The molecule has 0 atom stereocenters. The summed E-state index contributed by atoms with van der Waals surface area (Å²) in [5.41, 5.74) is 0.304. The molecule has 0 spiro atoms. The van der Waals surface area contributed by atoms with Crippen LogP contribution in [-0.4, -0.2) is 10.2 Å². The fourth-order valence-corrected chi connectivity index (χ4v) is 2.22. The first-order valence-electron chi connectivity index (χ1n) is 4.91. The van der Waals surface area contributed by atoms with Crippen LogP contribution in [0.3, 0.4) is 0 Å². The van der Waals surface area contributed by atoms with Gasteiger partial charge in [0.1, 0.15) is 0 Å². The largest absolute Gasteiger partial charge is 0.516 e. The van der Waals surface area contributed by atoms with Crippen LogP contribution in [0.5, 0.6) is 0 Å². The molecule has 1 aliphatic rings. The summed E-state index contributed by atoms with van der Waals surface area (Å²) in [6.07, 6.45) is 12.7. The fraction of sp³-hybridized carbons (Fsp3) is 0.636. The van der Waals surface area contributed by atoms with Crippen molar-refractivity contribution < 1.29 is 10.2 Å². The zero-order valence-electron chi connectivity index (χ0n) is 7.95. The van der Waals surface area contributed by atoms with E-state index in [1.54, 1.807) is 0 Å². The van der Waals surface area contributed by atoms with E-state index in [-0.39, 0.29) is 0 Å². The highest BCUT2D eigenvalue weighted by molar-refractivity contribution is 4.95. The van der Waals surface area contributed by atoms with Crippen molar-refractivity contribution in [3.63, 3.8) is 0 Å². The van der Waals surface area contributed by atoms with Gasteiger partial charge in [0.15, 0.2) is 0 Å². The van der Waals surface area contributed by atoms with E-state index in [2.05, 4.69) is 0 Å². The quantitative estimate of drug-likeness (QED) is 0.653. The third kappa shape index (κ3) is 2.79. The molecule has 0 bridgehead atoms. The molecular weight excluding hydrogens is 164 g/mol. The van der Waals surface area contributed by atoms with Gasteiger partial charge in [0, 0.05) is 0 Å². The van der Waals surface area contributed by atoms with Crippen molar-refractivity contribution in [2.75, 3.05) is 0 Å². The lowest BCUT2D eigenvalue weighted by Gasteiger charge is -2.25. The maximum Gasteiger partial charge on any atom is 0.0751 e. The summed E-state index contributed by atoms with van der Waals surface area (Å²) in [5, 5.41) is 17.2. The molecule has 0 aromatic heterocycles.